The van der Waals surface area contributed by atoms with E-state index in [1.54, 1.807) is 18.4 Å². The number of carbonyl (C=O) groups is 1. The molecule has 1 aromatic carbocycles. The van der Waals surface area contributed by atoms with Crippen molar-refractivity contribution in [3.63, 3.8) is 0 Å². The molecule has 7 rings (SSSR count). The van der Waals surface area contributed by atoms with Crippen LogP contribution in [-0.4, -0.2) is 17.6 Å². The molecule has 4 saturated carbocycles. The van der Waals surface area contributed by atoms with Gasteiger partial charge in [0.15, 0.2) is 0 Å². The van der Waals surface area contributed by atoms with Gasteiger partial charge < -0.3 is 14.8 Å². The van der Waals surface area contributed by atoms with E-state index in [1.807, 2.05) is 18.4 Å². The molecule has 1 heterocycles. The highest BCUT2D eigenvalue weighted by atomic mass is 16.4. The minimum Gasteiger partial charge on any atom is -0.478 e. The van der Waals surface area contributed by atoms with E-state index in [0.29, 0.717) is 45.5 Å². The SMILES string of the molecule is C=C(C)[C@@H]1CC[C@]2(CNCc3ccoc3)CC[C@]3(C)[C@H](CC[C@@H]4[C@@]5(C)CC=C(c6ccc(C(=O)O)cc6)C(C)(C)[C@@H]5CC[C@]43C)[C@@H]12. The lowest BCUT2D eigenvalue weighted by atomic mass is 9.32. The van der Waals surface area contributed by atoms with Crippen molar-refractivity contribution < 1.29 is 14.3 Å². The van der Waals surface area contributed by atoms with Gasteiger partial charge in [-0.3, -0.25) is 0 Å². The molecule has 5 aliphatic carbocycles. The molecule has 4 fully saturated rings. The fourth-order valence-corrected chi connectivity index (χ4v) is 13.3. The summed E-state index contributed by atoms with van der Waals surface area (Å²) in [4.78, 5) is 11.5. The summed E-state index contributed by atoms with van der Waals surface area (Å²) in [7, 11) is 0. The van der Waals surface area contributed by atoms with Crippen molar-refractivity contribution in [1.82, 2.24) is 5.32 Å². The van der Waals surface area contributed by atoms with E-state index in [-0.39, 0.29) is 10.8 Å². The summed E-state index contributed by atoms with van der Waals surface area (Å²) in [5, 5.41) is 13.4. The highest BCUT2D eigenvalue weighted by molar-refractivity contribution is 5.88. The number of hydrogen-bond donors (Lipinski definition) is 2. The number of fused-ring (bicyclic) bond motifs is 7. The Morgan fingerprint density at radius 1 is 0.935 bits per heavy atom. The third kappa shape index (κ3) is 4.51. The molecule has 0 aliphatic heterocycles. The van der Waals surface area contributed by atoms with Crippen LogP contribution in [0.2, 0.25) is 0 Å². The van der Waals surface area contributed by atoms with Crippen LogP contribution in [-0.2, 0) is 6.54 Å². The number of nitrogens with one attached hydrogen (secondary N) is 1. The molecule has 2 aromatic rings. The molecule has 0 saturated heterocycles. The van der Waals surface area contributed by atoms with E-state index < -0.39 is 5.97 Å². The largest absolute Gasteiger partial charge is 0.478 e. The Hall–Kier alpha value is -2.59. The molecular weight excluding hydrogens is 566 g/mol. The molecule has 4 heteroatoms. The lowest BCUT2D eigenvalue weighted by molar-refractivity contribution is -0.225. The van der Waals surface area contributed by atoms with Crippen LogP contribution in [0.4, 0.5) is 0 Å². The predicted molar refractivity (Wildman–Crippen MR) is 186 cm³/mol. The molecule has 1 aromatic heterocycles. The van der Waals surface area contributed by atoms with Gasteiger partial charge in [0.05, 0.1) is 18.1 Å². The van der Waals surface area contributed by atoms with Gasteiger partial charge in [0.1, 0.15) is 0 Å². The van der Waals surface area contributed by atoms with Crippen molar-refractivity contribution in [1.29, 1.82) is 0 Å². The second-order valence-corrected chi connectivity index (χ2v) is 17.7. The molecule has 5 aliphatic rings. The molecule has 0 spiro atoms. The third-order valence-corrected chi connectivity index (χ3v) is 15.6. The van der Waals surface area contributed by atoms with E-state index in [4.69, 9.17) is 4.42 Å². The van der Waals surface area contributed by atoms with Crippen LogP contribution in [0, 0.1) is 56.7 Å². The first-order chi connectivity index (χ1) is 21.8. The number of carboxylic acid groups (broad SMARTS) is 1. The van der Waals surface area contributed by atoms with Crippen molar-refractivity contribution in [3.8, 4) is 0 Å². The number of rotatable bonds is 7. The second kappa shape index (κ2) is 11.0. The van der Waals surface area contributed by atoms with Crippen LogP contribution in [0.15, 0.2) is 65.5 Å². The summed E-state index contributed by atoms with van der Waals surface area (Å²) in [5.74, 6) is 2.57. The molecule has 0 amide bonds. The predicted octanol–water partition coefficient (Wildman–Crippen LogP) is 10.4. The molecule has 4 nitrogen and oxygen atoms in total. The zero-order valence-corrected chi connectivity index (χ0v) is 29.3. The van der Waals surface area contributed by atoms with Gasteiger partial charge in [-0.15, -0.1) is 0 Å². The van der Waals surface area contributed by atoms with Crippen LogP contribution in [0.3, 0.4) is 0 Å². The zero-order valence-electron chi connectivity index (χ0n) is 29.3. The molecule has 2 N–H and O–H groups in total. The third-order valence-electron chi connectivity index (χ3n) is 15.6. The molecule has 0 unspecified atom stereocenters. The summed E-state index contributed by atoms with van der Waals surface area (Å²) in [6.45, 7) is 22.0. The lowest BCUT2D eigenvalue weighted by Crippen LogP contribution is -2.65. The summed E-state index contributed by atoms with van der Waals surface area (Å²) in [6, 6.07) is 9.72. The van der Waals surface area contributed by atoms with E-state index in [1.165, 1.54) is 73.6 Å². The average Bonchev–Trinajstić information content (AvgIpc) is 3.66. The summed E-state index contributed by atoms with van der Waals surface area (Å²) in [6.07, 6.45) is 17.9. The maximum Gasteiger partial charge on any atom is 0.335 e. The van der Waals surface area contributed by atoms with E-state index >= 15 is 0 Å². The molecule has 0 radical (unpaired) electrons. The Morgan fingerprint density at radius 2 is 1.70 bits per heavy atom. The summed E-state index contributed by atoms with van der Waals surface area (Å²) < 4.78 is 5.36. The van der Waals surface area contributed by atoms with Gasteiger partial charge in [-0.2, -0.15) is 0 Å². The van der Waals surface area contributed by atoms with Crippen molar-refractivity contribution in [2.24, 2.45) is 56.7 Å². The van der Waals surface area contributed by atoms with Crippen molar-refractivity contribution in [2.45, 2.75) is 106 Å². The summed E-state index contributed by atoms with van der Waals surface area (Å²) >= 11 is 0. The number of carboxylic acids is 1. The quantitative estimate of drug-likeness (QED) is 0.301. The van der Waals surface area contributed by atoms with E-state index in [9.17, 15) is 9.90 Å². The first-order valence-electron chi connectivity index (χ1n) is 18.2. The van der Waals surface area contributed by atoms with Gasteiger partial charge in [0.25, 0.3) is 0 Å². The highest BCUT2D eigenvalue weighted by Crippen LogP contribution is 2.77. The van der Waals surface area contributed by atoms with Crippen molar-refractivity contribution >= 4 is 11.5 Å². The Labute approximate surface area is 277 Å². The normalized spacial score (nSPS) is 41.0. The Morgan fingerprint density at radius 3 is 2.37 bits per heavy atom. The minimum atomic E-state index is -0.857. The smallest absolute Gasteiger partial charge is 0.335 e. The van der Waals surface area contributed by atoms with Gasteiger partial charge >= 0.3 is 5.97 Å². The Balaban J connectivity index is 1.19. The maximum atomic E-state index is 11.5. The number of hydrogen-bond acceptors (Lipinski definition) is 3. The van der Waals surface area contributed by atoms with Gasteiger partial charge in [-0.25, -0.2) is 4.79 Å². The average molecular weight is 624 g/mol. The van der Waals surface area contributed by atoms with E-state index in [0.717, 1.165) is 25.4 Å². The molecular formula is C42H57NO3. The topological polar surface area (TPSA) is 62.5 Å². The highest BCUT2D eigenvalue weighted by Gasteiger charge is 2.70. The molecule has 248 valence electrons. The molecule has 9 atom stereocenters. The van der Waals surface area contributed by atoms with Crippen LogP contribution in [0.5, 0.6) is 0 Å². The van der Waals surface area contributed by atoms with E-state index in [2.05, 4.69) is 65.6 Å². The molecule has 46 heavy (non-hydrogen) atoms. The van der Waals surface area contributed by atoms with Crippen molar-refractivity contribution in [2.75, 3.05) is 6.54 Å². The number of allylic oxidation sites excluding steroid dienone is 3. The van der Waals surface area contributed by atoms with Gasteiger partial charge in [-0.1, -0.05) is 65.0 Å². The number of aromatic carboxylic acids is 1. The van der Waals surface area contributed by atoms with Gasteiger partial charge in [-0.05, 0) is 151 Å². The standard InChI is InChI=1S/C42H57NO3/c1-27(2)31-14-20-42(26-43-24-28-17-23-46-25-28)22-21-40(6)33(36(31)42)12-13-35-39(5)18-15-32(29-8-10-30(11-9-29)37(44)45)38(3,4)34(39)16-19-41(35,40)7/h8-11,15,17,23,25,31,33-36,43H,1,12-14,16,18-22,24,26H2,2-7H3,(H,44,45)/t31-,33+,34-,35+,36+,39-,40+,41+,42+/m0/s1. The van der Waals surface area contributed by atoms with Crippen LogP contribution in [0.1, 0.15) is 121 Å². The maximum absolute atomic E-state index is 11.5. The first kappa shape index (κ1) is 32.0. The van der Waals surface area contributed by atoms with Crippen molar-refractivity contribution in [3.05, 3.63) is 77.8 Å². The Kier molecular flexibility index (Phi) is 7.63. The monoisotopic (exact) mass is 623 g/mol. The van der Waals surface area contributed by atoms with Crippen LogP contribution >= 0.6 is 0 Å². The van der Waals surface area contributed by atoms with Crippen LogP contribution < -0.4 is 5.32 Å². The van der Waals surface area contributed by atoms with Gasteiger partial charge in [0, 0.05) is 18.7 Å². The fourth-order valence-electron chi connectivity index (χ4n) is 13.3. The first-order valence-corrected chi connectivity index (χ1v) is 18.2. The lowest BCUT2D eigenvalue weighted by Gasteiger charge is -2.72. The fraction of sp³-hybridized carbons (Fsp3) is 0.643. The minimum absolute atomic E-state index is 0.0374. The van der Waals surface area contributed by atoms with Crippen LogP contribution in [0.25, 0.3) is 5.57 Å². The molecule has 0 bridgehead atoms. The number of benzene rings is 1. The zero-order chi connectivity index (χ0) is 32.7. The second-order valence-electron chi connectivity index (χ2n) is 17.7. The number of furan rings is 1. The van der Waals surface area contributed by atoms with Gasteiger partial charge in [0.2, 0.25) is 0 Å². The summed E-state index contributed by atoms with van der Waals surface area (Å²) in [5.41, 5.74) is 6.95. The Bertz CT molecular complexity index is 1520.